The standard InChI is InChI=1S/C13H28N2/c1-4-12(2)11-14-9-8-13-7-5-6-10-15(13)3/h12-14H,4-11H2,1-3H3. The normalized spacial score (nSPS) is 25.4. The van der Waals surface area contributed by atoms with Gasteiger partial charge >= 0.3 is 0 Å². The molecule has 1 aliphatic rings. The molecule has 1 aliphatic heterocycles. The fourth-order valence-electron chi connectivity index (χ4n) is 2.27. The van der Waals surface area contributed by atoms with Crippen LogP contribution in [0.1, 0.15) is 46.0 Å². The highest BCUT2D eigenvalue weighted by Gasteiger charge is 2.17. The highest BCUT2D eigenvalue weighted by molar-refractivity contribution is 4.74. The van der Waals surface area contributed by atoms with Crippen molar-refractivity contribution in [1.29, 1.82) is 0 Å². The molecule has 0 aromatic rings. The zero-order chi connectivity index (χ0) is 11.1. The van der Waals surface area contributed by atoms with Gasteiger partial charge < -0.3 is 10.2 Å². The molecular formula is C13H28N2. The summed E-state index contributed by atoms with van der Waals surface area (Å²) in [4.78, 5) is 2.54. The van der Waals surface area contributed by atoms with Gasteiger partial charge in [-0.05, 0) is 51.9 Å². The van der Waals surface area contributed by atoms with Crippen molar-refractivity contribution in [2.45, 2.75) is 52.0 Å². The van der Waals surface area contributed by atoms with Crippen LogP contribution in [0.3, 0.4) is 0 Å². The van der Waals surface area contributed by atoms with Crippen molar-refractivity contribution < 1.29 is 0 Å². The SMILES string of the molecule is CCC(C)CNCCC1CCCCN1C. The molecule has 1 saturated heterocycles. The maximum absolute atomic E-state index is 3.58. The van der Waals surface area contributed by atoms with E-state index in [1.165, 1.54) is 51.7 Å². The molecule has 0 saturated carbocycles. The summed E-state index contributed by atoms with van der Waals surface area (Å²) in [7, 11) is 2.28. The lowest BCUT2D eigenvalue weighted by atomic mass is 10.00. The van der Waals surface area contributed by atoms with Gasteiger partial charge in [0.1, 0.15) is 0 Å². The van der Waals surface area contributed by atoms with E-state index in [2.05, 4.69) is 31.1 Å². The topological polar surface area (TPSA) is 15.3 Å². The quantitative estimate of drug-likeness (QED) is 0.681. The third-order valence-electron chi connectivity index (χ3n) is 3.77. The van der Waals surface area contributed by atoms with E-state index in [0.717, 1.165) is 12.0 Å². The molecule has 2 heteroatoms. The summed E-state index contributed by atoms with van der Waals surface area (Å²) in [5.41, 5.74) is 0. The number of likely N-dealkylation sites (tertiary alicyclic amines) is 1. The summed E-state index contributed by atoms with van der Waals surface area (Å²) in [6.45, 7) is 8.27. The minimum absolute atomic E-state index is 0.828. The first-order chi connectivity index (χ1) is 7.24. The predicted octanol–water partition coefficient (Wildman–Crippen LogP) is 2.50. The van der Waals surface area contributed by atoms with Gasteiger partial charge in [0.05, 0.1) is 0 Å². The molecule has 1 N–H and O–H groups in total. The Bertz CT molecular complexity index is 159. The number of hydrogen-bond donors (Lipinski definition) is 1. The average Bonchev–Trinajstić information content (AvgIpc) is 2.26. The van der Waals surface area contributed by atoms with E-state index in [1.54, 1.807) is 0 Å². The first-order valence-electron chi connectivity index (χ1n) is 6.65. The molecule has 1 fully saturated rings. The molecule has 90 valence electrons. The molecule has 0 aromatic carbocycles. The van der Waals surface area contributed by atoms with E-state index in [9.17, 15) is 0 Å². The van der Waals surface area contributed by atoms with Crippen molar-refractivity contribution in [2.24, 2.45) is 5.92 Å². The second kappa shape index (κ2) is 7.24. The van der Waals surface area contributed by atoms with Crippen LogP contribution in [0, 0.1) is 5.92 Å². The second-order valence-corrected chi connectivity index (χ2v) is 5.14. The number of piperidine rings is 1. The van der Waals surface area contributed by atoms with Crippen molar-refractivity contribution in [1.82, 2.24) is 10.2 Å². The van der Waals surface area contributed by atoms with E-state index in [0.29, 0.717) is 0 Å². The second-order valence-electron chi connectivity index (χ2n) is 5.14. The Morgan fingerprint density at radius 2 is 2.20 bits per heavy atom. The average molecular weight is 212 g/mol. The van der Waals surface area contributed by atoms with Gasteiger partial charge in [-0.3, -0.25) is 0 Å². The van der Waals surface area contributed by atoms with Crippen molar-refractivity contribution in [3.05, 3.63) is 0 Å². The predicted molar refractivity (Wildman–Crippen MR) is 67.2 cm³/mol. The number of hydrogen-bond acceptors (Lipinski definition) is 2. The zero-order valence-corrected chi connectivity index (χ0v) is 10.8. The molecule has 0 amide bonds. The van der Waals surface area contributed by atoms with Gasteiger partial charge in [0, 0.05) is 6.04 Å². The third kappa shape index (κ3) is 4.98. The Balaban J connectivity index is 2.03. The lowest BCUT2D eigenvalue weighted by molar-refractivity contribution is 0.175. The van der Waals surface area contributed by atoms with Gasteiger partial charge in [-0.25, -0.2) is 0 Å². The molecule has 15 heavy (non-hydrogen) atoms. The van der Waals surface area contributed by atoms with Crippen LogP contribution in [0.25, 0.3) is 0 Å². The Hall–Kier alpha value is -0.0800. The fourth-order valence-corrected chi connectivity index (χ4v) is 2.27. The molecule has 2 unspecified atom stereocenters. The minimum Gasteiger partial charge on any atom is -0.316 e. The van der Waals surface area contributed by atoms with E-state index in [4.69, 9.17) is 0 Å². The number of nitrogens with zero attached hydrogens (tertiary/aromatic N) is 1. The van der Waals surface area contributed by atoms with Gasteiger partial charge in [0.2, 0.25) is 0 Å². The highest BCUT2D eigenvalue weighted by atomic mass is 15.1. The molecule has 2 nitrogen and oxygen atoms in total. The number of nitrogens with one attached hydrogen (secondary N) is 1. The van der Waals surface area contributed by atoms with Gasteiger partial charge in [-0.15, -0.1) is 0 Å². The largest absolute Gasteiger partial charge is 0.316 e. The lowest BCUT2D eigenvalue weighted by Crippen LogP contribution is -2.38. The molecule has 0 bridgehead atoms. The maximum Gasteiger partial charge on any atom is 0.0104 e. The van der Waals surface area contributed by atoms with Crippen LogP contribution >= 0.6 is 0 Å². The number of rotatable bonds is 6. The van der Waals surface area contributed by atoms with Crippen molar-refractivity contribution in [2.75, 3.05) is 26.7 Å². The maximum atomic E-state index is 3.58. The van der Waals surface area contributed by atoms with Crippen LogP contribution in [0.15, 0.2) is 0 Å². The fraction of sp³-hybridized carbons (Fsp3) is 1.00. The molecule has 1 rings (SSSR count). The molecule has 0 aliphatic carbocycles. The van der Waals surface area contributed by atoms with E-state index >= 15 is 0 Å². The van der Waals surface area contributed by atoms with Gasteiger partial charge in [-0.2, -0.15) is 0 Å². The Labute approximate surface area is 95.4 Å². The summed E-state index contributed by atoms with van der Waals surface area (Å²) in [5.74, 6) is 0.828. The molecule has 0 aromatic heterocycles. The smallest absolute Gasteiger partial charge is 0.0104 e. The summed E-state index contributed by atoms with van der Waals surface area (Å²) in [6, 6.07) is 0.836. The third-order valence-corrected chi connectivity index (χ3v) is 3.77. The Kier molecular flexibility index (Phi) is 6.26. The summed E-state index contributed by atoms with van der Waals surface area (Å²) in [5, 5.41) is 3.58. The van der Waals surface area contributed by atoms with Crippen molar-refractivity contribution in [3.63, 3.8) is 0 Å². The summed E-state index contributed by atoms with van der Waals surface area (Å²) < 4.78 is 0. The Morgan fingerprint density at radius 3 is 2.87 bits per heavy atom. The highest BCUT2D eigenvalue weighted by Crippen LogP contribution is 2.17. The van der Waals surface area contributed by atoms with Crippen LogP contribution in [0.2, 0.25) is 0 Å². The zero-order valence-electron chi connectivity index (χ0n) is 10.8. The molecule has 0 radical (unpaired) electrons. The summed E-state index contributed by atoms with van der Waals surface area (Å²) in [6.07, 6.45) is 6.85. The first kappa shape index (κ1) is 13.0. The molecule has 2 atom stereocenters. The molecular weight excluding hydrogens is 184 g/mol. The van der Waals surface area contributed by atoms with Gasteiger partial charge in [0.25, 0.3) is 0 Å². The first-order valence-corrected chi connectivity index (χ1v) is 6.65. The lowest BCUT2D eigenvalue weighted by Gasteiger charge is -2.32. The van der Waals surface area contributed by atoms with Crippen LogP contribution < -0.4 is 5.32 Å². The van der Waals surface area contributed by atoms with Crippen LogP contribution in [-0.2, 0) is 0 Å². The van der Waals surface area contributed by atoms with Crippen molar-refractivity contribution in [3.8, 4) is 0 Å². The molecule has 0 spiro atoms. The van der Waals surface area contributed by atoms with Gasteiger partial charge in [0.15, 0.2) is 0 Å². The monoisotopic (exact) mass is 212 g/mol. The van der Waals surface area contributed by atoms with Crippen LogP contribution in [-0.4, -0.2) is 37.6 Å². The summed E-state index contributed by atoms with van der Waals surface area (Å²) >= 11 is 0. The van der Waals surface area contributed by atoms with E-state index < -0.39 is 0 Å². The van der Waals surface area contributed by atoms with E-state index in [1.807, 2.05) is 0 Å². The van der Waals surface area contributed by atoms with Gasteiger partial charge in [-0.1, -0.05) is 26.7 Å². The Morgan fingerprint density at radius 1 is 1.40 bits per heavy atom. The molecule has 1 heterocycles. The minimum atomic E-state index is 0.828. The van der Waals surface area contributed by atoms with E-state index in [-0.39, 0.29) is 0 Å². The van der Waals surface area contributed by atoms with Crippen LogP contribution in [0.5, 0.6) is 0 Å². The van der Waals surface area contributed by atoms with Crippen LogP contribution in [0.4, 0.5) is 0 Å². The van der Waals surface area contributed by atoms with Crippen molar-refractivity contribution >= 4 is 0 Å².